The molecule has 0 spiro atoms. The van der Waals surface area contributed by atoms with E-state index in [0.717, 1.165) is 5.56 Å². The molecule has 0 radical (unpaired) electrons. The molecule has 2 atom stereocenters. The lowest BCUT2D eigenvalue weighted by Crippen LogP contribution is -2.38. The highest BCUT2D eigenvalue weighted by Crippen LogP contribution is 2.23. The van der Waals surface area contributed by atoms with E-state index in [4.69, 9.17) is 11.6 Å². The number of nitrogens with one attached hydrogen (secondary N) is 4. The average molecular weight is 428 g/mol. The summed E-state index contributed by atoms with van der Waals surface area (Å²) in [6.45, 7) is 2.72. The molecule has 3 rings (SSSR count). The molecule has 3 amide bonds. The Hall–Kier alpha value is -2.36. The molecule has 0 unspecified atom stereocenters. The summed E-state index contributed by atoms with van der Waals surface area (Å²) in [6, 6.07) is 4.81. The molecule has 0 aliphatic carbocycles. The zero-order valence-electron chi connectivity index (χ0n) is 15.5. The molecule has 1 aliphatic rings. The number of anilines is 1. The summed E-state index contributed by atoms with van der Waals surface area (Å²) in [5.41, 5.74) is 2.09. The van der Waals surface area contributed by atoms with Crippen LogP contribution in [0.15, 0.2) is 24.4 Å². The molecule has 4 N–H and O–H groups in total. The number of urea groups is 1. The van der Waals surface area contributed by atoms with Crippen LogP contribution in [0.3, 0.4) is 0 Å². The first-order valence-corrected chi connectivity index (χ1v) is 9.01. The topological polar surface area (TPSA) is 113 Å². The Bertz CT molecular complexity index is 843. The molecule has 1 saturated heterocycles. The van der Waals surface area contributed by atoms with Crippen LogP contribution in [0.5, 0.6) is 0 Å². The van der Waals surface area contributed by atoms with Crippen LogP contribution >= 0.6 is 24.0 Å². The van der Waals surface area contributed by atoms with E-state index in [0.29, 0.717) is 29.4 Å². The quantitative estimate of drug-likeness (QED) is 0.578. The van der Waals surface area contributed by atoms with Gasteiger partial charge in [-0.25, -0.2) is 9.48 Å². The van der Waals surface area contributed by atoms with Crippen LogP contribution in [0, 0.1) is 6.92 Å². The maximum absolute atomic E-state index is 12.1. The van der Waals surface area contributed by atoms with Gasteiger partial charge < -0.3 is 21.3 Å². The van der Waals surface area contributed by atoms with Crippen molar-refractivity contribution < 1.29 is 9.59 Å². The van der Waals surface area contributed by atoms with E-state index in [2.05, 4.69) is 31.6 Å². The lowest BCUT2D eigenvalue weighted by Gasteiger charge is -2.10. The average Bonchev–Trinajstić information content (AvgIpc) is 3.32. The smallest absolute Gasteiger partial charge is 0.319 e. The molecule has 152 valence electrons. The molecular formula is C17H23Cl2N7O2. The van der Waals surface area contributed by atoms with Gasteiger partial charge in [-0.1, -0.05) is 22.9 Å². The number of aromatic nitrogens is 3. The number of halogens is 2. The fourth-order valence-corrected chi connectivity index (χ4v) is 3.12. The van der Waals surface area contributed by atoms with Gasteiger partial charge in [-0.3, -0.25) is 4.79 Å². The van der Waals surface area contributed by atoms with Gasteiger partial charge in [0.1, 0.15) is 5.69 Å². The molecule has 28 heavy (non-hydrogen) atoms. The van der Waals surface area contributed by atoms with Gasteiger partial charge in [-0.05, 0) is 31.0 Å². The third kappa shape index (κ3) is 5.12. The van der Waals surface area contributed by atoms with E-state index in [1.807, 2.05) is 6.92 Å². The Morgan fingerprint density at radius 2 is 2.18 bits per heavy atom. The lowest BCUT2D eigenvalue weighted by molar-refractivity contribution is -0.122. The monoisotopic (exact) mass is 427 g/mol. The summed E-state index contributed by atoms with van der Waals surface area (Å²) in [5.74, 6) is -0.0347. The van der Waals surface area contributed by atoms with Gasteiger partial charge in [0.15, 0.2) is 0 Å². The molecule has 0 saturated carbocycles. The number of nitrogens with zero attached hydrogens (tertiary/aromatic N) is 3. The fraction of sp³-hybridized carbons (Fsp3) is 0.412. The van der Waals surface area contributed by atoms with Crippen LogP contribution in [0.4, 0.5) is 10.5 Å². The van der Waals surface area contributed by atoms with Crippen LogP contribution in [0.25, 0.3) is 0 Å². The normalized spacial score (nSPS) is 18.2. The zero-order chi connectivity index (χ0) is 19.4. The van der Waals surface area contributed by atoms with Crippen LogP contribution in [0.2, 0.25) is 5.02 Å². The zero-order valence-corrected chi connectivity index (χ0v) is 17.1. The Labute approximate surface area is 174 Å². The van der Waals surface area contributed by atoms with E-state index >= 15 is 0 Å². The summed E-state index contributed by atoms with van der Waals surface area (Å²) in [6.07, 6.45) is 2.42. The van der Waals surface area contributed by atoms with E-state index in [1.54, 1.807) is 36.1 Å². The maximum atomic E-state index is 12.1. The molecule has 1 fully saturated rings. The number of rotatable bonds is 5. The first kappa shape index (κ1) is 21.9. The SMILES string of the molecule is CNC(=O)[C@@H]1C[C@@H](n2cc(CNC(=O)Nc3cccc(Cl)c3C)nn2)CN1.Cl. The number of carbonyl (C=O) groups excluding carboxylic acids is 2. The maximum Gasteiger partial charge on any atom is 0.319 e. The summed E-state index contributed by atoms with van der Waals surface area (Å²) < 4.78 is 1.73. The fourth-order valence-electron chi connectivity index (χ4n) is 2.95. The Balaban J connectivity index is 0.00000280. The second-order valence-electron chi connectivity index (χ2n) is 6.37. The number of amides is 3. The highest BCUT2D eigenvalue weighted by atomic mass is 35.5. The van der Waals surface area contributed by atoms with Crippen LogP contribution in [0.1, 0.15) is 23.7 Å². The molecular weight excluding hydrogens is 405 g/mol. The van der Waals surface area contributed by atoms with Crippen LogP contribution in [-0.2, 0) is 11.3 Å². The van der Waals surface area contributed by atoms with Crippen molar-refractivity contribution in [2.75, 3.05) is 18.9 Å². The molecule has 2 heterocycles. The first-order chi connectivity index (χ1) is 13.0. The number of hydrogen-bond donors (Lipinski definition) is 4. The van der Waals surface area contributed by atoms with Gasteiger partial charge in [0.05, 0.1) is 24.8 Å². The summed E-state index contributed by atoms with van der Waals surface area (Å²) in [5, 5.41) is 20.1. The molecule has 1 aromatic carbocycles. The van der Waals surface area contributed by atoms with Crippen LogP contribution in [-0.4, -0.2) is 46.6 Å². The Morgan fingerprint density at radius 1 is 1.39 bits per heavy atom. The van der Waals surface area contributed by atoms with Crippen molar-refractivity contribution in [1.29, 1.82) is 0 Å². The van der Waals surface area contributed by atoms with Crippen molar-refractivity contribution in [1.82, 2.24) is 30.9 Å². The molecule has 9 nitrogen and oxygen atoms in total. The van der Waals surface area contributed by atoms with Crippen LogP contribution < -0.4 is 21.3 Å². The molecule has 2 aromatic rings. The molecule has 0 bridgehead atoms. The number of carbonyl (C=O) groups is 2. The molecule has 11 heteroatoms. The predicted molar refractivity (Wildman–Crippen MR) is 109 cm³/mol. The van der Waals surface area contributed by atoms with Gasteiger partial charge in [-0.15, -0.1) is 17.5 Å². The van der Waals surface area contributed by atoms with Crippen molar-refractivity contribution in [2.45, 2.75) is 32.0 Å². The van der Waals surface area contributed by atoms with Gasteiger partial charge in [0.25, 0.3) is 0 Å². The summed E-state index contributed by atoms with van der Waals surface area (Å²) >= 11 is 6.05. The van der Waals surface area contributed by atoms with Crippen molar-refractivity contribution >= 4 is 41.6 Å². The van der Waals surface area contributed by atoms with Gasteiger partial charge in [0, 0.05) is 24.3 Å². The van der Waals surface area contributed by atoms with E-state index in [9.17, 15) is 9.59 Å². The van der Waals surface area contributed by atoms with Crippen molar-refractivity contribution in [2.24, 2.45) is 0 Å². The highest BCUT2D eigenvalue weighted by Gasteiger charge is 2.30. The summed E-state index contributed by atoms with van der Waals surface area (Å²) in [7, 11) is 1.62. The van der Waals surface area contributed by atoms with Crippen molar-refractivity contribution in [3.8, 4) is 0 Å². The highest BCUT2D eigenvalue weighted by molar-refractivity contribution is 6.31. The standard InChI is InChI=1S/C17H22ClN7O2.ClH/c1-10-13(18)4-3-5-14(10)22-17(27)21-7-11-9-25(24-23-11)12-6-15(20-8-12)16(26)19-2;/h3-5,9,12,15,20H,6-8H2,1-2H3,(H,19,26)(H2,21,22,27);1H/t12-,15+;/m1./s1. The van der Waals surface area contributed by atoms with E-state index in [-0.39, 0.29) is 43.0 Å². The minimum absolute atomic E-state index is 0. The minimum atomic E-state index is -0.350. The van der Waals surface area contributed by atoms with Crippen molar-refractivity contribution in [3.05, 3.63) is 40.7 Å². The van der Waals surface area contributed by atoms with Crippen molar-refractivity contribution in [3.63, 3.8) is 0 Å². The Kier molecular flexibility index (Phi) is 7.61. The van der Waals surface area contributed by atoms with E-state index < -0.39 is 0 Å². The van der Waals surface area contributed by atoms with Gasteiger partial charge >= 0.3 is 6.03 Å². The largest absolute Gasteiger partial charge is 0.358 e. The van der Waals surface area contributed by atoms with E-state index in [1.165, 1.54) is 0 Å². The number of likely N-dealkylation sites (N-methyl/N-ethyl adjacent to an activating group) is 1. The number of hydrogen-bond acceptors (Lipinski definition) is 5. The third-order valence-corrected chi connectivity index (χ3v) is 4.96. The molecule has 1 aliphatic heterocycles. The Morgan fingerprint density at radius 3 is 2.93 bits per heavy atom. The van der Waals surface area contributed by atoms with Gasteiger partial charge in [-0.2, -0.15) is 0 Å². The second kappa shape index (κ2) is 9.72. The summed E-state index contributed by atoms with van der Waals surface area (Å²) in [4.78, 5) is 23.8. The third-order valence-electron chi connectivity index (χ3n) is 4.55. The number of benzene rings is 1. The lowest BCUT2D eigenvalue weighted by atomic mass is 10.1. The second-order valence-corrected chi connectivity index (χ2v) is 6.78. The first-order valence-electron chi connectivity index (χ1n) is 8.63. The molecule has 1 aromatic heterocycles. The minimum Gasteiger partial charge on any atom is -0.358 e. The predicted octanol–water partition coefficient (Wildman–Crippen LogP) is 1.63. The van der Waals surface area contributed by atoms with Gasteiger partial charge in [0.2, 0.25) is 5.91 Å².